The number of hydrogen-bond donors (Lipinski definition) is 1. The molecule has 0 saturated heterocycles. The molecule has 2 heterocycles. The van der Waals surface area contributed by atoms with E-state index in [0.717, 1.165) is 0 Å². The number of nitrogen functional groups attached to an aromatic ring is 1. The highest BCUT2D eigenvalue weighted by Gasteiger charge is 1.97. The van der Waals surface area contributed by atoms with Gasteiger partial charge in [-0.05, 0) is 18.6 Å². The highest BCUT2D eigenvalue weighted by Crippen LogP contribution is 2.05. The summed E-state index contributed by atoms with van der Waals surface area (Å²) in [6.45, 7) is 2.02. The molecular formula is C9H10N4. The average Bonchev–Trinajstić information content (AvgIpc) is 2.53. The van der Waals surface area contributed by atoms with E-state index in [1.165, 1.54) is 5.56 Å². The van der Waals surface area contributed by atoms with Gasteiger partial charge in [-0.2, -0.15) is 0 Å². The Balaban J connectivity index is 2.41. The van der Waals surface area contributed by atoms with Crippen LogP contribution < -0.4 is 5.73 Å². The van der Waals surface area contributed by atoms with Gasteiger partial charge in [0.1, 0.15) is 0 Å². The molecule has 66 valence electrons. The predicted octanol–water partition coefficient (Wildman–Crippen LogP) is 1.16. The third-order valence-electron chi connectivity index (χ3n) is 1.73. The summed E-state index contributed by atoms with van der Waals surface area (Å²) in [6, 6.07) is 2.00. The third-order valence-corrected chi connectivity index (χ3v) is 1.73. The third kappa shape index (κ3) is 1.51. The van der Waals surface area contributed by atoms with Gasteiger partial charge < -0.3 is 5.73 Å². The molecule has 0 aromatic carbocycles. The van der Waals surface area contributed by atoms with Crippen LogP contribution in [0.2, 0.25) is 0 Å². The lowest BCUT2D eigenvalue weighted by molar-refractivity contribution is 0.935. The molecule has 0 unspecified atom stereocenters. The van der Waals surface area contributed by atoms with Crippen molar-refractivity contribution in [1.82, 2.24) is 14.5 Å². The lowest BCUT2D eigenvalue weighted by atomic mass is 10.4. The van der Waals surface area contributed by atoms with E-state index in [4.69, 9.17) is 5.73 Å². The van der Waals surface area contributed by atoms with Gasteiger partial charge in [-0.25, -0.2) is 9.97 Å². The normalized spacial score (nSPS) is 10.2. The second-order valence-electron chi connectivity index (χ2n) is 2.91. The molecule has 0 radical (unpaired) electrons. The molecule has 2 aromatic heterocycles. The molecular weight excluding hydrogens is 164 g/mol. The molecule has 0 atom stereocenters. The smallest absolute Gasteiger partial charge is 0.233 e. The maximum Gasteiger partial charge on any atom is 0.233 e. The van der Waals surface area contributed by atoms with E-state index in [2.05, 4.69) is 9.97 Å². The minimum atomic E-state index is 0.577. The van der Waals surface area contributed by atoms with Crippen LogP contribution in [-0.4, -0.2) is 14.5 Å². The fourth-order valence-electron chi connectivity index (χ4n) is 1.09. The van der Waals surface area contributed by atoms with Gasteiger partial charge in [-0.3, -0.25) is 4.57 Å². The van der Waals surface area contributed by atoms with Crippen molar-refractivity contribution in [3.8, 4) is 5.95 Å². The first kappa shape index (κ1) is 7.79. The fourth-order valence-corrected chi connectivity index (χ4v) is 1.09. The van der Waals surface area contributed by atoms with Gasteiger partial charge in [0, 0.05) is 12.4 Å². The van der Waals surface area contributed by atoms with Crippen LogP contribution in [0.3, 0.4) is 0 Å². The van der Waals surface area contributed by atoms with E-state index in [1.807, 2.05) is 30.0 Å². The second-order valence-corrected chi connectivity index (χ2v) is 2.91. The first-order valence-electron chi connectivity index (χ1n) is 3.98. The van der Waals surface area contributed by atoms with Crippen molar-refractivity contribution in [3.63, 3.8) is 0 Å². The number of anilines is 1. The van der Waals surface area contributed by atoms with Crippen LogP contribution in [0.25, 0.3) is 5.95 Å². The Morgan fingerprint density at radius 1 is 1.31 bits per heavy atom. The Kier molecular flexibility index (Phi) is 1.73. The van der Waals surface area contributed by atoms with Gasteiger partial charge >= 0.3 is 0 Å². The zero-order chi connectivity index (χ0) is 9.26. The monoisotopic (exact) mass is 174 g/mol. The summed E-state index contributed by atoms with van der Waals surface area (Å²) in [5.41, 5.74) is 7.23. The number of aryl methyl sites for hydroxylation is 1. The van der Waals surface area contributed by atoms with Gasteiger partial charge in [0.05, 0.1) is 18.1 Å². The summed E-state index contributed by atoms with van der Waals surface area (Å²) in [5.74, 6) is 0.641. The molecule has 0 bridgehead atoms. The van der Waals surface area contributed by atoms with Crippen molar-refractivity contribution in [2.45, 2.75) is 6.92 Å². The van der Waals surface area contributed by atoms with Crippen molar-refractivity contribution in [1.29, 1.82) is 0 Å². The summed E-state index contributed by atoms with van der Waals surface area (Å²) in [5, 5.41) is 0. The molecule has 0 fully saturated rings. The molecule has 0 amide bonds. The van der Waals surface area contributed by atoms with Crippen LogP contribution in [0, 0.1) is 6.92 Å². The molecule has 0 spiro atoms. The second kappa shape index (κ2) is 2.90. The predicted molar refractivity (Wildman–Crippen MR) is 50.5 cm³/mol. The summed E-state index contributed by atoms with van der Waals surface area (Å²) in [7, 11) is 0. The number of hydrogen-bond acceptors (Lipinski definition) is 3. The minimum absolute atomic E-state index is 0.577. The molecule has 13 heavy (non-hydrogen) atoms. The van der Waals surface area contributed by atoms with Gasteiger partial charge in [0.2, 0.25) is 5.95 Å². The molecule has 0 aliphatic rings. The summed E-state index contributed by atoms with van der Waals surface area (Å²) in [6.07, 6.45) is 7.07. The lowest BCUT2D eigenvalue weighted by Crippen LogP contribution is -1.98. The van der Waals surface area contributed by atoms with Crippen LogP contribution in [0.4, 0.5) is 5.69 Å². The number of nitrogens with zero attached hydrogens (tertiary/aromatic N) is 3. The largest absolute Gasteiger partial charge is 0.396 e. The maximum absolute atomic E-state index is 5.48. The molecule has 0 aliphatic carbocycles. The van der Waals surface area contributed by atoms with Crippen molar-refractivity contribution < 1.29 is 0 Å². The van der Waals surface area contributed by atoms with E-state index in [-0.39, 0.29) is 0 Å². The van der Waals surface area contributed by atoms with Crippen molar-refractivity contribution in [2.75, 3.05) is 5.73 Å². The van der Waals surface area contributed by atoms with Crippen LogP contribution in [0.15, 0.2) is 30.9 Å². The average molecular weight is 174 g/mol. The highest BCUT2D eigenvalue weighted by molar-refractivity contribution is 5.32. The zero-order valence-electron chi connectivity index (χ0n) is 7.31. The van der Waals surface area contributed by atoms with E-state index >= 15 is 0 Å². The molecule has 0 saturated carbocycles. The Morgan fingerprint density at radius 3 is 2.54 bits per heavy atom. The van der Waals surface area contributed by atoms with Crippen LogP contribution in [0.5, 0.6) is 0 Å². The quantitative estimate of drug-likeness (QED) is 0.705. The minimum Gasteiger partial charge on any atom is -0.396 e. The van der Waals surface area contributed by atoms with Crippen LogP contribution in [-0.2, 0) is 0 Å². The van der Waals surface area contributed by atoms with Gasteiger partial charge in [-0.1, -0.05) is 0 Å². The van der Waals surface area contributed by atoms with Gasteiger partial charge in [-0.15, -0.1) is 0 Å². The lowest BCUT2D eigenvalue weighted by Gasteiger charge is -1.99. The fraction of sp³-hybridized carbons (Fsp3) is 0.111. The van der Waals surface area contributed by atoms with Gasteiger partial charge in [0.25, 0.3) is 0 Å². The molecule has 4 nitrogen and oxygen atoms in total. The van der Waals surface area contributed by atoms with Crippen LogP contribution in [0.1, 0.15) is 5.56 Å². The topological polar surface area (TPSA) is 56.7 Å². The SMILES string of the molecule is Cc1ccn(-c2ncc(N)cn2)c1. The standard InChI is InChI=1S/C9H10N4/c1-7-2-3-13(6-7)9-11-4-8(10)5-12-9/h2-6H,10H2,1H3. The van der Waals surface area contributed by atoms with E-state index in [9.17, 15) is 0 Å². The first-order chi connectivity index (χ1) is 6.25. The Bertz CT molecular complexity index is 402. The molecule has 2 N–H and O–H groups in total. The van der Waals surface area contributed by atoms with E-state index < -0.39 is 0 Å². The van der Waals surface area contributed by atoms with Crippen LogP contribution >= 0.6 is 0 Å². The van der Waals surface area contributed by atoms with Crippen molar-refractivity contribution >= 4 is 5.69 Å². The summed E-state index contributed by atoms with van der Waals surface area (Å²) < 4.78 is 1.86. The Hall–Kier alpha value is -1.84. The molecule has 2 aromatic rings. The maximum atomic E-state index is 5.48. The van der Waals surface area contributed by atoms with Gasteiger partial charge in [0.15, 0.2) is 0 Å². The Labute approximate surface area is 76.1 Å². The molecule has 4 heteroatoms. The van der Waals surface area contributed by atoms with Crippen molar-refractivity contribution in [2.24, 2.45) is 0 Å². The molecule has 0 aliphatic heterocycles. The summed E-state index contributed by atoms with van der Waals surface area (Å²) in [4.78, 5) is 8.18. The van der Waals surface area contributed by atoms with E-state index in [1.54, 1.807) is 12.4 Å². The first-order valence-corrected chi connectivity index (χ1v) is 3.98. The zero-order valence-corrected chi connectivity index (χ0v) is 7.31. The van der Waals surface area contributed by atoms with E-state index in [0.29, 0.717) is 11.6 Å². The summed E-state index contributed by atoms with van der Waals surface area (Å²) >= 11 is 0. The molecule has 2 rings (SSSR count). The highest BCUT2D eigenvalue weighted by atomic mass is 15.1. The number of rotatable bonds is 1. The number of aromatic nitrogens is 3. The number of nitrogens with two attached hydrogens (primary N) is 1. The van der Waals surface area contributed by atoms with Crippen molar-refractivity contribution in [3.05, 3.63) is 36.4 Å². The Morgan fingerprint density at radius 2 is 2.00 bits per heavy atom.